The van der Waals surface area contributed by atoms with E-state index in [1.54, 1.807) is 6.20 Å². The molecule has 0 atom stereocenters. The number of aliphatic hydroxyl groups is 1. The first-order chi connectivity index (χ1) is 13.7. The summed E-state index contributed by atoms with van der Waals surface area (Å²) in [6.07, 6.45) is 5.25. The number of aliphatic hydroxyl groups excluding tert-OH is 1. The summed E-state index contributed by atoms with van der Waals surface area (Å²) in [5.41, 5.74) is 2.69. The number of likely N-dealkylation sites (tertiary alicyclic amines) is 1. The second-order valence-electron chi connectivity index (χ2n) is 7.40. The van der Waals surface area contributed by atoms with E-state index < -0.39 is 0 Å². The van der Waals surface area contributed by atoms with Crippen LogP contribution in [-0.2, 0) is 6.42 Å². The Labute approximate surface area is 167 Å². The van der Waals surface area contributed by atoms with Crippen molar-refractivity contribution in [3.8, 4) is 0 Å². The number of rotatable bonds is 8. The lowest BCUT2D eigenvalue weighted by Crippen LogP contribution is -2.35. The van der Waals surface area contributed by atoms with E-state index in [9.17, 15) is 4.79 Å². The van der Waals surface area contributed by atoms with Crippen LogP contribution in [0.25, 0.3) is 0 Å². The van der Waals surface area contributed by atoms with Crippen LogP contribution in [-0.4, -0.2) is 58.7 Å². The molecule has 150 valence electrons. The number of hydrogen-bond acceptors (Lipinski definition) is 5. The highest BCUT2D eigenvalue weighted by atomic mass is 16.3. The van der Waals surface area contributed by atoms with Gasteiger partial charge in [0.2, 0.25) is 0 Å². The fourth-order valence-electron chi connectivity index (χ4n) is 3.76. The zero-order valence-corrected chi connectivity index (χ0v) is 16.6. The minimum Gasteiger partial charge on any atom is -0.396 e. The number of amides is 1. The van der Waals surface area contributed by atoms with Crippen molar-refractivity contribution in [3.05, 3.63) is 59.2 Å². The van der Waals surface area contributed by atoms with Crippen LogP contribution in [0.2, 0.25) is 0 Å². The van der Waals surface area contributed by atoms with Gasteiger partial charge in [0, 0.05) is 31.8 Å². The molecule has 2 heterocycles. The summed E-state index contributed by atoms with van der Waals surface area (Å²) in [7, 11) is 0. The molecule has 1 aromatic carbocycles. The van der Waals surface area contributed by atoms with Crippen molar-refractivity contribution in [2.24, 2.45) is 0 Å². The van der Waals surface area contributed by atoms with Crippen LogP contribution in [0.5, 0.6) is 0 Å². The van der Waals surface area contributed by atoms with Gasteiger partial charge in [-0.2, -0.15) is 0 Å². The first kappa shape index (κ1) is 20.4. The van der Waals surface area contributed by atoms with Crippen LogP contribution in [0.3, 0.4) is 0 Å². The van der Waals surface area contributed by atoms with E-state index in [4.69, 9.17) is 5.11 Å². The minimum atomic E-state index is -0.0892. The standard InChI is InChI=1S/C22H30N4O2/c1-17-24-16-20(22(28)23-11-8-18-6-3-2-4-7-18)21(25-17)19-9-13-26(14-10-19)12-5-15-27/h2-4,6-7,16,19,27H,5,8-15H2,1H3,(H,23,28). The van der Waals surface area contributed by atoms with Gasteiger partial charge in [0.05, 0.1) is 11.3 Å². The fourth-order valence-corrected chi connectivity index (χ4v) is 3.76. The van der Waals surface area contributed by atoms with Gasteiger partial charge in [-0.25, -0.2) is 9.97 Å². The number of hydrogen-bond donors (Lipinski definition) is 2. The zero-order chi connectivity index (χ0) is 19.8. The van der Waals surface area contributed by atoms with Crippen LogP contribution in [0.15, 0.2) is 36.5 Å². The Morgan fingerprint density at radius 3 is 2.71 bits per heavy atom. The number of carbonyl (C=O) groups excluding carboxylic acids is 1. The SMILES string of the molecule is Cc1ncc(C(=O)NCCc2ccccc2)c(C2CCN(CCCO)CC2)n1. The number of piperidine rings is 1. The number of aryl methyl sites for hydroxylation is 1. The van der Waals surface area contributed by atoms with Gasteiger partial charge in [-0.3, -0.25) is 4.79 Å². The molecule has 0 radical (unpaired) electrons. The minimum absolute atomic E-state index is 0.0892. The quantitative estimate of drug-likeness (QED) is 0.733. The van der Waals surface area contributed by atoms with Gasteiger partial charge in [0.1, 0.15) is 5.82 Å². The lowest BCUT2D eigenvalue weighted by atomic mass is 9.90. The zero-order valence-electron chi connectivity index (χ0n) is 16.6. The molecule has 6 nitrogen and oxygen atoms in total. The van der Waals surface area contributed by atoms with Gasteiger partial charge in [-0.05, 0) is 51.3 Å². The number of carbonyl (C=O) groups is 1. The van der Waals surface area contributed by atoms with Gasteiger partial charge in [-0.15, -0.1) is 0 Å². The summed E-state index contributed by atoms with van der Waals surface area (Å²) < 4.78 is 0. The maximum atomic E-state index is 12.8. The highest BCUT2D eigenvalue weighted by molar-refractivity contribution is 5.95. The van der Waals surface area contributed by atoms with Crippen LogP contribution < -0.4 is 5.32 Å². The second kappa shape index (κ2) is 10.3. The van der Waals surface area contributed by atoms with Crippen molar-refractivity contribution >= 4 is 5.91 Å². The molecule has 1 aliphatic rings. The molecule has 1 amide bonds. The fraction of sp³-hybridized carbons (Fsp3) is 0.500. The monoisotopic (exact) mass is 382 g/mol. The molecule has 0 saturated carbocycles. The third-order valence-corrected chi connectivity index (χ3v) is 5.33. The lowest BCUT2D eigenvalue weighted by Gasteiger charge is -2.32. The molecule has 28 heavy (non-hydrogen) atoms. The third kappa shape index (κ3) is 5.59. The van der Waals surface area contributed by atoms with Crippen molar-refractivity contribution in [3.63, 3.8) is 0 Å². The van der Waals surface area contributed by atoms with Crippen LogP contribution in [0.4, 0.5) is 0 Å². The van der Waals surface area contributed by atoms with E-state index in [1.807, 2.05) is 25.1 Å². The molecule has 1 aliphatic heterocycles. The van der Waals surface area contributed by atoms with E-state index >= 15 is 0 Å². The first-order valence-corrected chi connectivity index (χ1v) is 10.2. The Morgan fingerprint density at radius 1 is 1.25 bits per heavy atom. The van der Waals surface area contributed by atoms with Crippen molar-refractivity contribution in [1.29, 1.82) is 0 Å². The Morgan fingerprint density at radius 2 is 2.00 bits per heavy atom. The summed E-state index contributed by atoms with van der Waals surface area (Å²) >= 11 is 0. The number of benzene rings is 1. The summed E-state index contributed by atoms with van der Waals surface area (Å²) in [5, 5.41) is 12.0. The predicted molar refractivity (Wildman–Crippen MR) is 109 cm³/mol. The summed E-state index contributed by atoms with van der Waals surface area (Å²) in [6, 6.07) is 10.1. The molecule has 1 saturated heterocycles. The maximum Gasteiger partial charge on any atom is 0.254 e. The van der Waals surface area contributed by atoms with E-state index in [0.717, 1.165) is 51.0 Å². The van der Waals surface area contributed by atoms with Crippen LogP contribution in [0, 0.1) is 6.92 Å². The average Bonchev–Trinajstić information content (AvgIpc) is 2.73. The molecule has 0 unspecified atom stereocenters. The Kier molecular flexibility index (Phi) is 7.51. The number of nitrogens with zero attached hydrogens (tertiary/aromatic N) is 3. The molecule has 3 rings (SSSR count). The number of aromatic nitrogens is 2. The van der Waals surface area contributed by atoms with Crippen LogP contribution in [0.1, 0.15) is 52.6 Å². The molecule has 1 fully saturated rings. The van der Waals surface area contributed by atoms with Gasteiger partial charge in [-0.1, -0.05) is 30.3 Å². The van der Waals surface area contributed by atoms with Crippen molar-refractivity contribution in [2.45, 2.75) is 38.5 Å². The Hall–Kier alpha value is -2.31. The largest absolute Gasteiger partial charge is 0.396 e. The van der Waals surface area contributed by atoms with Crippen molar-refractivity contribution < 1.29 is 9.90 Å². The van der Waals surface area contributed by atoms with E-state index in [2.05, 4.69) is 32.3 Å². The van der Waals surface area contributed by atoms with E-state index in [1.165, 1.54) is 5.56 Å². The molecule has 2 N–H and O–H groups in total. The lowest BCUT2D eigenvalue weighted by molar-refractivity contribution is 0.0950. The van der Waals surface area contributed by atoms with E-state index in [-0.39, 0.29) is 18.4 Å². The van der Waals surface area contributed by atoms with Crippen molar-refractivity contribution in [1.82, 2.24) is 20.2 Å². The highest BCUT2D eigenvalue weighted by Gasteiger charge is 2.26. The molecule has 6 heteroatoms. The van der Waals surface area contributed by atoms with Gasteiger partial charge >= 0.3 is 0 Å². The molecule has 0 bridgehead atoms. The Bertz CT molecular complexity index is 758. The van der Waals surface area contributed by atoms with Gasteiger partial charge in [0.15, 0.2) is 0 Å². The van der Waals surface area contributed by atoms with Gasteiger partial charge in [0.25, 0.3) is 5.91 Å². The second-order valence-corrected chi connectivity index (χ2v) is 7.40. The van der Waals surface area contributed by atoms with Crippen LogP contribution >= 0.6 is 0 Å². The Balaban J connectivity index is 1.61. The highest BCUT2D eigenvalue weighted by Crippen LogP contribution is 2.29. The third-order valence-electron chi connectivity index (χ3n) is 5.33. The summed E-state index contributed by atoms with van der Waals surface area (Å²) in [4.78, 5) is 24.1. The summed E-state index contributed by atoms with van der Waals surface area (Å²) in [5.74, 6) is 0.897. The topological polar surface area (TPSA) is 78.4 Å². The van der Waals surface area contributed by atoms with Gasteiger partial charge < -0.3 is 15.3 Å². The first-order valence-electron chi connectivity index (χ1n) is 10.2. The molecule has 2 aromatic rings. The predicted octanol–water partition coefficient (Wildman–Crippen LogP) is 2.32. The summed E-state index contributed by atoms with van der Waals surface area (Å²) in [6.45, 7) is 5.58. The molecular weight excluding hydrogens is 352 g/mol. The molecule has 0 aliphatic carbocycles. The smallest absolute Gasteiger partial charge is 0.254 e. The number of nitrogens with one attached hydrogen (secondary N) is 1. The maximum absolute atomic E-state index is 12.8. The molecule has 0 spiro atoms. The van der Waals surface area contributed by atoms with E-state index in [0.29, 0.717) is 17.9 Å². The normalized spacial score (nSPS) is 15.5. The molecule has 1 aromatic heterocycles. The molecular formula is C22H30N4O2. The average molecular weight is 383 g/mol. The van der Waals surface area contributed by atoms with Crippen molar-refractivity contribution in [2.75, 3.05) is 32.8 Å².